The van der Waals surface area contributed by atoms with Crippen molar-refractivity contribution >= 4 is 17.1 Å². The third kappa shape index (κ3) is 4.29. The summed E-state index contributed by atoms with van der Waals surface area (Å²) in [6, 6.07) is 7.57. The average molecular weight is 476 g/mol. The third-order valence-electron chi connectivity index (χ3n) is 7.04. The number of allylic oxidation sites excluding steroid dienone is 1. The van der Waals surface area contributed by atoms with E-state index in [1.54, 1.807) is 0 Å². The largest absolute Gasteiger partial charge is 0.419 e. The molecule has 2 atom stereocenters. The lowest BCUT2D eigenvalue weighted by molar-refractivity contribution is -0.139. The van der Waals surface area contributed by atoms with Crippen molar-refractivity contribution in [1.29, 1.82) is 0 Å². The molecule has 0 aromatic heterocycles. The summed E-state index contributed by atoms with van der Waals surface area (Å²) in [5, 5.41) is 2.92. The van der Waals surface area contributed by atoms with Gasteiger partial charge in [-0.3, -0.25) is 4.90 Å². The van der Waals surface area contributed by atoms with Gasteiger partial charge in [0.1, 0.15) is 0 Å². The summed E-state index contributed by atoms with van der Waals surface area (Å²) in [6.45, 7) is 8.93. The smallest absolute Gasteiger partial charge is 0.375 e. The number of anilines is 3. The van der Waals surface area contributed by atoms with Gasteiger partial charge in [-0.2, -0.15) is 13.2 Å². The number of alkyl halides is 3. The SMILES string of the molecule is CC(C)=CCN1CC[C@H]2[C@@H](C1)c1cc(Nc3cccc(C(F)(F)F)c3F)cc3c1N2CCOC3. The summed E-state index contributed by atoms with van der Waals surface area (Å²) in [5.41, 5.74) is 3.77. The number of nitrogens with one attached hydrogen (secondary N) is 1. The van der Waals surface area contributed by atoms with Gasteiger partial charge >= 0.3 is 6.18 Å². The standard InChI is InChI=1S/C26H29F4N3O/c1-16(2)6-8-32-9-7-23-20(14-32)19-13-18(12-17-15-34-11-10-33(23)25(17)19)31-22-5-3-4-21(24(22)27)26(28,29)30/h3-6,12-13,20,23,31H,7-11,14-15H2,1-2H3/t20-,23-/m0/s1. The number of benzene rings is 2. The maximum Gasteiger partial charge on any atom is 0.419 e. The maximum absolute atomic E-state index is 14.7. The minimum absolute atomic E-state index is 0.184. The molecule has 1 saturated heterocycles. The number of piperidine rings is 1. The maximum atomic E-state index is 14.7. The number of ether oxygens (including phenoxy) is 1. The predicted octanol–water partition coefficient (Wildman–Crippen LogP) is 6.06. The number of hydrogen-bond donors (Lipinski definition) is 1. The molecule has 1 fully saturated rings. The minimum atomic E-state index is -4.75. The summed E-state index contributed by atoms with van der Waals surface area (Å²) in [5.74, 6) is -0.998. The molecule has 0 unspecified atom stereocenters. The Morgan fingerprint density at radius 3 is 2.79 bits per heavy atom. The van der Waals surface area contributed by atoms with Gasteiger partial charge in [0.2, 0.25) is 0 Å². The van der Waals surface area contributed by atoms with Crippen LogP contribution in [0.4, 0.5) is 34.6 Å². The first kappa shape index (κ1) is 23.2. The lowest BCUT2D eigenvalue weighted by Crippen LogP contribution is -2.46. The Morgan fingerprint density at radius 2 is 2.03 bits per heavy atom. The van der Waals surface area contributed by atoms with Crippen LogP contribution in [0.1, 0.15) is 42.9 Å². The molecule has 3 heterocycles. The van der Waals surface area contributed by atoms with E-state index in [0.29, 0.717) is 30.9 Å². The van der Waals surface area contributed by atoms with Crippen LogP contribution in [0.2, 0.25) is 0 Å². The van der Waals surface area contributed by atoms with E-state index >= 15 is 0 Å². The molecule has 1 N–H and O–H groups in total. The topological polar surface area (TPSA) is 27.7 Å². The monoisotopic (exact) mass is 475 g/mol. The number of halogens is 4. The van der Waals surface area contributed by atoms with Gasteiger partial charge in [-0.1, -0.05) is 17.7 Å². The van der Waals surface area contributed by atoms with E-state index in [0.717, 1.165) is 44.2 Å². The first-order chi connectivity index (χ1) is 16.2. The van der Waals surface area contributed by atoms with Crippen molar-refractivity contribution in [2.75, 3.05) is 43.0 Å². The molecule has 2 aromatic carbocycles. The Bertz CT molecular complexity index is 1110. The van der Waals surface area contributed by atoms with Crippen LogP contribution in [0.3, 0.4) is 0 Å². The van der Waals surface area contributed by atoms with E-state index in [1.165, 1.54) is 29.0 Å². The first-order valence-corrected chi connectivity index (χ1v) is 11.7. The second-order valence-corrected chi connectivity index (χ2v) is 9.61. The Labute approximate surface area is 197 Å². The van der Waals surface area contributed by atoms with Crippen LogP contribution in [0.25, 0.3) is 0 Å². The number of nitrogens with zero attached hydrogens (tertiary/aromatic N) is 2. The second-order valence-electron chi connectivity index (χ2n) is 9.61. The van der Waals surface area contributed by atoms with Crippen molar-refractivity contribution in [1.82, 2.24) is 4.90 Å². The second kappa shape index (κ2) is 8.89. The highest BCUT2D eigenvalue weighted by Gasteiger charge is 2.43. The van der Waals surface area contributed by atoms with Crippen molar-refractivity contribution in [3.05, 3.63) is 64.5 Å². The molecule has 0 amide bonds. The fourth-order valence-electron chi connectivity index (χ4n) is 5.49. The molecule has 0 bridgehead atoms. The van der Waals surface area contributed by atoms with E-state index in [4.69, 9.17) is 4.74 Å². The van der Waals surface area contributed by atoms with E-state index < -0.39 is 17.6 Å². The quantitative estimate of drug-likeness (QED) is 0.430. The van der Waals surface area contributed by atoms with Gasteiger partial charge in [-0.25, -0.2) is 4.39 Å². The van der Waals surface area contributed by atoms with Gasteiger partial charge in [0.25, 0.3) is 0 Å². The average Bonchev–Trinajstić information content (AvgIpc) is 2.93. The number of hydrogen-bond acceptors (Lipinski definition) is 4. The normalized spacial score (nSPS) is 22.1. The van der Waals surface area contributed by atoms with Crippen molar-refractivity contribution in [3.63, 3.8) is 0 Å². The molecular formula is C26H29F4N3O. The molecule has 5 rings (SSSR count). The van der Waals surface area contributed by atoms with Crippen LogP contribution >= 0.6 is 0 Å². The highest BCUT2D eigenvalue weighted by molar-refractivity contribution is 5.74. The van der Waals surface area contributed by atoms with Crippen molar-refractivity contribution in [2.45, 2.75) is 45.0 Å². The Morgan fingerprint density at radius 1 is 1.21 bits per heavy atom. The summed E-state index contributed by atoms with van der Waals surface area (Å²) in [7, 11) is 0. The van der Waals surface area contributed by atoms with Gasteiger partial charge in [-0.05, 0) is 50.1 Å². The Kier molecular flexibility index (Phi) is 6.06. The van der Waals surface area contributed by atoms with Crippen LogP contribution in [-0.4, -0.2) is 43.7 Å². The van der Waals surface area contributed by atoms with Crippen molar-refractivity contribution in [2.24, 2.45) is 0 Å². The Hall–Kier alpha value is -2.58. The Balaban J connectivity index is 1.50. The zero-order valence-corrected chi connectivity index (χ0v) is 19.4. The fourth-order valence-corrected chi connectivity index (χ4v) is 5.49. The molecule has 0 radical (unpaired) electrons. The fraction of sp³-hybridized carbons (Fsp3) is 0.462. The lowest BCUT2D eigenvalue weighted by Gasteiger charge is -2.38. The van der Waals surface area contributed by atoms with Crippen molar-refractivity contribution in [3.8, 4) is 0 Å². The zero-order valence-electron chi connectivity index (χ0n) is 19.4. The summed E-state index contributed by atoms with van der Waals surface area (Å²) in [4.78, 5) is 4.91. The molecule has 2 aromatic rings. The summed E-state index contributed by atoms with van der Waals surface area (Å²) < 4.78 is 60.1. The van der Waals surface area contributed by atoms with Crippen LogP contribution in [0.15, 0.2) is 42.0 Å². The summed E-state index contributed by atoms with van der Waals surface area (Å²) in [6.07, 6.45) is -1.47. The van der Waals surface area contributed by atoms with Gasteiger partial charge in [0, 0.05) is 55.1 Å². The predicted molar refractivity (Wildman–Crippen MR) is 125 cm³/mol. The molecule has 3 aliphatic rings. The van der Waals surface area contributed by atoms with Crippen LogP contribution in [0, 0.1) is 5.82 Å². The molecule has 0 spiro atoms. The van der Waals surface area contributed by atoms with E-state index in [1.807, 2.05) is 12.1 Å². The zero-order chi connectivity index (χ0) is 24.0. The van der Waals surface area contributed by atoms with Crippen LogP contribution < -0.4 is 10.2 Å². The third-order valence-corrected chi connectivity index (χ3v) is 7.04. The van der Waals surface area contributed by atoms with Gasteiger partial charge < -0.3 is 15.0 Å². The molecule has 4 nitrogen and oxygen atoms in total. The van der Waals surface area contributed by atoms with E-state index in [2.05, 4.69) is 35.0 Å². The summed E-state index contributed by atoms with van der Waals surface area (Å²) >= 11 is 0. The molecule has 3 aliphatic heterocycles. The molecule has 34 heavy (non-hydrogen) atoms. The highest BCUT2D eigenvalue weighted by atomic mass is 19.4. The number of likely N-dealkylation sites (tertiary alicyclic amines) is 1. The van der Waals surface area contributed by atoms with Crippen LogP contribution in [-0.2, 0) is 17.5 Å². The first-order valence-electron chi connectivity index (χ1n) is 11.7. The lowest BCUT2D eigenvalue weighted by atomic mass is 9.88. The van der Waals surface area contributed by atoms with Gasteiger partial charge in [0.15, 0.2) is 5.82 Å². The molecule has 0 saturated carbocycles. The molecular weight excluding hydrogens is 446 g/mol. The van der Waals surface area contributed by atoms with Crippen molar-refractivity contribution < 1.29 is 22.3 Å². The van der Waals surface area contributed by atoms with Gasteiger partial charge in [-0.15, -0.1) is 0 Å². The number of fused-ring (bicyclic) bond motifs is 3. The molecule has 182 valence electrons. The number of rotatable bonds is 4. The molecule has 0 aliphatic carbocycles. The molecule has 8 heteroatoms. The van der Waals surface area contributed by atoms with E-state index in [-0.39, 0.29) is 5.69 Å². The van der Waals surface area contributed by atoms with Crippen LogP contribution in [0.5, 0.6) is 0 Å². The highest BCUT2D eigenvalue weighted by Crippen LogP contribution is 2.49. The van der Waals surface area contributed by atoms with E-state index in [9.17, 15) is 17.6 Å². The minimum Gasteiger partial charge on any atom is -0.375 e. The van der Waals surface area contributed by atoms with Gasteiger partial charge in [0.05, 0.1) is 24.5 Å².